The number of nitrogens with zero attached hydrogens (tertiary/aromatic N) is 3. The number of nitrogens with one attached hydrogen (secondary N) is 3. The molecule has 2 aromatic rings. The summed E-state index contributed by atoms with van der Waals surface area (Å²) >= 11 is 0. The van der Waals surface area contributed by atoms with Crippen LogP contribution >= 0.6 is 0 Å². The van der Waals surface area contributed by atoms with Crippen LogP contribution in [0, 0.1) is 16.6 Å². The molecule has 1 unspecified atom stereocenters. The van der Waals surface area contributed by atoms with Crippen LogP contribution in [0.1, 0.15) is 53.7 Å². The van der Waals surface area contributed by atoms with Gasteiger partial charge in [0.05, 0.1) is 24.3 Å². The Labute approximate surface area is 144 Å². The number of fused-ring (bicyclic) bond motifs is 1. The van der Waals surface area contributed by atoms with E-state index in [1.54, 1.807) is 6.07 Å². The van der Waals surface area contributed by atoms with Crippen molar-refractivity contribution in [3.63, 3.8) is 0 Å². The van der Waals surface area contributed by atoms with Gasteiger partial charge >= 0.3 is 0 Å². The minimum atomic E-state index is -0.597. The molecule has 2 heterocycles. The summed E-state index contributed by atoms with van der Waals surface area (Å²) < 4.78 is 14.3. The number of rotatable bonds is 5. The van der Waals surface area contributed by atoms with E-state index in [0.29, 0.717) is 5.92 Å². The Morgan fingerprint density at radius 1 is 1.48 bits per heavy atom. The topological polar surface area (TPSA) is 108 Å². The number of carbonyl (C=O) groups is 1. The molecule has 130 valence electrons. The lowest BCUT2D eigenvalue weighted by Crippen LogP contribution is -2.32. The van der Waals surface area contributed by atoms with Crippen molar-refractivity contribution in [3.05, 3.63) is 46.6 Å². The maximum absolute atomic E-state index is 12.9. The van der Waals surface area contributed by atoms with E-state index in [4.69, 9.17) is 10.8 Å². The number of aromatic nitrogens is 3. The molecule has 25 heavy (non-hydrogen) atoms. The molecule has 0 aliphatic heterocycles. The summed E-state index contributed by atoms with van der Waals surface area (Å²) in [6.45, 7) is 2.11. The molecular weight excluding hydrogens is 323 g/mol. The summed E-state index contributed by atoms with van der Waals surface area (Å²) in [5.74, 6) is -0.837. The van der Waals surface area contributed by atoms with Gasteiger partial charge in [-0.3, -0.25) is 25.5 Å². The van der Waals surface area contributed by atoms with Crippen LogP contribution in [0.3, 0.4) is 0 Å². The molecule has 3 N–H and O–H groups in total. The fraction of sp³-hybridized carbons (Fsp3) is 0.353. The zero-order valence-corrected chi connectivity index (χ0v) is 13.8. The van der Waals surface area contributed by atoms with E-state index in [2.05, 4.69) is 22.2 Å². The van der Waals surface area contributed by atoms with Gasteiger partial charge in [0.1, 0.15) is 5.49 Å². The van der Waals surface area contributed by atoms with Crippen molar-refractivity contribution in [2.75, 3.05) is 5.32 Å². The second-order valence-corrected chi connectivity index (χ2v) is 6.01. The summed E-state index contributed by atoms with van der Waals surface area (Å²) in [7, 11) is 0. The standard InChI is InChI=1S/C17H19FN6O/c1-2-3-10-4-5-14-12(10)6-13(15(20)24(14)9-19)16(25)23-17-21-7-11(18)8-22-17/h6-10,19-20H,2-5H2,1H3,(H,21,22,23,25). The number of anilines is 1. The third kappa shape index (κ3) is 3.19. The zero-order valence-electron chi connectivity index (χ0n) is 13.8. The highest BCUT2D eigenvalue weighted by atomic mass is 19.1. The molecule has 0 fully saturated rings. The third-order valence-electron chi connectivity index (χ3n) is 4.45. The van der Waals surface area contributed by atoms with E-state index in [1.165, 1.54) is 4.57 Å². The SMILES string of the molecule is CCCC1CCc2c1cc(C(=O)Nc1ncc(F)cn1)c(=N)n2C=N. The van der Waals surface area contributed by atoms with Crippen molar-refractivity contribution < 1.29 is 9.18 Å². The molecular formula is C17H19FN6O. The van der Waals surface area contributed by atoms with Crippen LogP contribution in [0.2, 0.25) is 0 Å². The first-order valence-electron chi connectivity index (χ1n) is 8.17. The quantitative estimate of drug-likeness (QED) is 0.573. The summed E-state index contributed by atoms with van der Waals surface area (Å²) in [6.07, 6.45) is 6.78. The first kappa shape index (κ1) is 16.9. The first-order valence-corrected chi connectivity index (χ1v) is 8.17. The van der Waals surface area contributed by atoms with E-state index < -0.39 is 11.7 Å². The van der Waals surface area contributed by atoms with Crippen molar-refractivity contribution in [2.24, 2.45) is 0 Å². The average Bonchev–Trinajstić information content (AvgIpc) is 2.99. The minimum absolute atomic E-state index is 0.0298. The lowest BCUT2D eigenvalue weighted by molar-refractivity contribution is 0.102. The Hall–Kier alpha value is -2.90. The van der Waals surface area contributed by atoms with Crippen LogP contribution in [-0.2, 0) is 6.42 Å². The van der Waals surface area contributed by atoms with E-state index in [0.717, 1.165) is 55.7 Å². The molecule has 0 saturated heterocycles. The van der Waals surface area contributed by atoms with E-state index in [9.17, 15) is 9.18 Å². The molecule has 0 saturated carbocycles. The third-order valence-corrected chi connectivity index (χ3v) is 4.45. The van der Waals surface area contributed by atoms with Crippen LogP contribution in [0.15, 0.2) is 18.5 Å². The molecule has 1 aliphatic carbocycles. The van der Waals surface area contributed by atoms with Crippen LogP contribution in [0.5, 0.6) is 0 Å². The van der Waals surface area contributed by atoms with Crippen molar-refractivity contribution in [1.29, 1.82) is 10.8 Å². The van der Waals surface area contributed by atoms with Crippen LogP contribution in [-0.4, -0.2) is 26.8 Å². The lowest BCUT2D eigenvalue weighted by atomic mass is 9.96. The number of halogens is 1. The monoisotopic (exact) mass is 342 g/mol. The Balaban J connectivity index is 1.99. The molecule has 0 bridgehead atoms. The molecule has 1 atom stereocenters. The highest BCUT2D eigenvalue weighted by Crippen LogP contribution is 2.35. The van der Waals surface area contributed by atoms with Gasteiger partial charge in [-0.2, -0.15) is 0 Å². The number of pyridine rings is 1. The molecule has 0 spiro atoms. The van der Waals surface area contributed by atoms with Gasteiger partial charge in [0.25, 0.3) is 5.91 Å². The van der Waals surface area contributed by atoms with Crippen molar-refractivity contribution in [1.82, 2.24) is 14.5 Å². The van der Waals surface area contributed by atoms with Gasteiger partial charge in [-0.15, -0.1) is 0 Å². The molecule has 0 radical (unpaired) electrons. The van der Waals surface area contributed by atoms with Crippen molar-refractivity contribution in [3.8, 4) is 0 Å². The highest BCUT2D eigenvalue weighted by Gasteiger charge is 2.27. The predicted octanol–water partition coefficient (Wildman–Crippen LogP) is 2.43. The van der Waals surface area contributed by atoms with E-state index >= 15 is 0 Å². The number of hydrogen-bond acceptors (Lipinski definition) is 5. The van der Waals surface area contributed by atoms with Gasteiger partial charge in [-0.25, -0.2) is 14.4 Å². The summed E-state index contributed by atoms with van der Waals surface area (Å²) in [6, 6.07) is 1.74. The smallest absolute Gasteiger partial charge is 0.261 e. The normalized spacial score (nSPS) is 15.7. The fourth-order valence-corrected chi connectivity index (χ4v) is 3.31. The number of amides is 1. The maximum atomic E-state index is 12.9. The van der Waals surface area contributed by atoms with Gasteiger partial charge in [-0.05, 0) is 36.8 Å². The van der Waals surface area contributed by atoms with Gasteiger partial charge in [0, 0.05) is 5.69 Å². The molecule has 1 amide bonds. The molecule has 8 heteroatoms. The summed E-state index contributed by atoms with van der Waals surface area (Å²) in [4.78, 5) is 20.0. The molecule has 2 aromatic heterocycles. The predicted molar refractivity (Wildman–Crippen MR) is 90.4 cm³/mol. The van der Waals surface area contributed by atoms with Crippen LogP contribution in [0.25, 0.3) is 0 Å². The first-order chi connectivity index (χ1) is 12.0. The van der Waals surface area contributed by atoms with Gasteiger partial charge in [0.15, 0.2) is 5.82 Å². The van der Waals surface area contributed by atoms with Gasteiger partial charge in [-0.1, -0.05) is 13.3 Å². The second-order valence-electron chi connectivity index (χ2n) is 6.01. The highest BCUT2D eigenvalue weighted by molar-refractivity contribution is 6.03. The summed E-state index contributed by atoms with van der Waals surface area (Å²) in [5, 5.41) is 18.4. The van der Waals surface area contributed by atoms with Crippen molar-refractivity contribution >= 4 is 18.2 Å². The number of carbonyl (C=O) groups excluding carboxylic acids is 1. The van der Waals surface area contributed by atoms with Gasteiger partial charge < -0.3 is 0 Å². The Morgan fingerprint density at radius 3 is 2.84 bits per heavy atom. The Morgan fingerprint density at radius 2 is 2.20 bits per heavy atom. The second kappa shape index (κ2) is 6.92. The van der Waals surface area contributed by atoms with Crippen LogP contribution in [0.4, 0.5) is 10.3 Å². The van der Waals surface area contributed by atoms with Crippen molar-refractivity contribution in [2.45, 2.75) is 38.5 Å². The minimum Gasteiger partial charge on any atom is -0.291 e. The van der Waals surface area contributed by atoms with Gasteiger partial charge in [0.2, 0.25) is 5.95 Å². The molecule has 1 aliphatic rings. The molecule has 3 rings (SSSR count). The number of hydrogen-bond donors (Lipinski definition) is 3. The Bertz CT molecular complexity index is 874. The maximum Gasteiger partial charge on any atom is 0.261 e. The summed E-state index contributed by atoms with van der Waals surface area (Å²) in [5.41, 5.74) is 2.04. The lowest BCUT2D eigenvalue weighted by Gasteiger charge is -2.15. The van der Waals surface area contributed by atoms with E-state index in [1.807, 2.05) is 0 Å². The van der Waals surface area contributed by atoms with Crippen LogP contribution < -0.4 is 10.8 Å². The Kier molecular flexibility index (Phi) is 4.69. The average molecular weight is 342 g/mol. The molecule has 7 nitrogen and oxygen atoms in total. The molecule has 0 aromatic carbocycles. The zero-order chi connectivity index (χ0) is 18.0. The fourth-order valence-electron chi connectivity index (χ4n) is 3.31. The van der Waals surface area contributed by atoms with E-state index in [-0.39, 0.29) is 17.0 Å². The largest absolute Gasteiger partial charge is 0.291 e.